The highest BCUT2D eigenvalue weighted by atomic mass is 35.5. The maximum absolute atomic E-state index is 13.3. The van der Waals surface area contributed by atoms with E-state index in [0.717, 1.165) is 48.0 Å². The maximum Gasteiger partial charge on any atom is 0.240 e. The third-order valence-electron chi connectivity index (χ3n) is 6.25. The Hall–Kier alpha value is -2.31. The summed E-state index contributed by atoms with van der Waals surface area (Å²) in [6.45, 7) is 2.71. The summed E-state index contributed by atoms with van der Waals surface area (Å²) in [5, 5.41) is 10.3. The minimum Gasteiger partial charge on any atom is -0.311 e. The van der Waals surface area contributed by atoms with Crippen molar-refractivity contribution in [1.82, 2.24) is 14.8 Å². The first-order chi connectivity index (χ1) is 15.1. The first-order valence-corrected chi connectivity index (χ1v) is 12.1. The molecule has 5 nitrogen and oxygen atoms in total. The van der Waals surface area contributed by atoms with Crippen molar-refractivity contribution in [3.63, 3.8) is 0 Å². The van der Waals surface area contributed by atoms with E-state index in [1.807, 2.05) is 54.3 Å². The van der Waals surface area contributed by atoms with Crippen LogP contribution in [0.15, 0.2) is 53.7 Å². The van der Waals surface area contributed by atoms with Gasteiger partial charge in [0.05, 0.1) is 10.3 Å². The van der Waals surface area contributed by atoms with E-state index in [2.05, 4.69) is 20.8 Å². The Morgan fingerprint density at radius 1 is 1.10 bits per heavy atom. The molecule has 7 heteroatoms. The van der Waals surface area contributed by atoms with Gasteiger partial charge >= 0.3 is 0 Å². The molecule has 1 unspecified atom stereocenters. The zero-order chi connectivity index (χ0) is 21.4. The summed E-state index contributed by atoms with van der Waals surface area (Å²) in [6, 6.07) is 16.3. The molecule has 0 saturated heterocycles. The van der Waals surface area contributed by atoms with Crippen LogP contribution in [0, 0.1) is 0 Å². The number of fused-ring (bicyclic) bond motifs is 1. The Bertz CT molecular complexity index is 1110. The smallest absolute Gasteiger partial charge is 0.240 e. The molecule has 5 rings (SSSR count). The number of anilines is 1. The normalized spacial score (nSPS) is 17.2. The maximum atomic E-state index is 13.3. The SMILES string of the molecule is CC(Sc1nnc(-c2ccccc2Cl)n1C1CCCC1)C(=O)N1CCc2ccccc21. The van der Waals surface area contributed by atoms with Gasteiger partial charge in [-0.2, -0.15) is 0 Å². The fourth-order valence-electron chi connectivity index (χ4n) is 4.67. The lowest BCUT2D eigenvalue weighted by molar-refractivity contribution is -0.117. The van der Waals surface area contributed by atoms with E-state index in [1.54, 1.807) is 0 Å². The average molecular weight is 453 g/mol. The molecule has 0 bridgehead atoms. The zero-order valence-electron chi connectivity index (χ0n) is 17.5. The first-order valence-electron chi connectivity index (χ1n) is 10.9. The van der Waals surface area contributed by atoms with Crippen molar-refractivity contribution in [3.05, 3.63) is 59.1 Å². The summed E-state index contributed by atoms with van der Waals surface area (Å²) < 4.78 is 2.22. The van der Waals surface area contributed by atoms with Crippen molar-refractivity contribution in [1.29, 1.82) is 0 Å². The lowest BCUT2D eigenvalue weighted by atomic mass is 10.2. The number of hydrogen-bond donors (Lipinski definition) is 0. The molecule has 1 atom stereocenters. The van der Waals surface area contributed by atoms with Gasteiger partial charge in [-0.3, -0.25) is 9.36 Å². The van der Waals surface area contributed by atoms with Gasteiger partial charge in [-0.25, -0.2) is 0 Å². The van der Waals surface area contributed by atoms with Crippen molar-refractivity contribution in [2.75, 3.05) is 11.4 Å². The molecule has 3 aromatic rings. The van der Waals surface area contributed by atoms with Crippen LogP contribution in [0.2, 0.25) is 5.02 Å². The molecule has 1 aliphatic heterocycles. The molecule has 0 spiro atoms. The number of thioether (sulfide) groups is 1. The molecule has 31 heavy (non-hydrogen) atoms. The highest BCUT2D eigenvalue weighted by Gasteiger charge is 2.31. The van der Waals surface area contributed by atoms with E-state index in [0.29, 0.717) is 11.1 Å². The van der Waals surface area contributed by atoms with Crippen molar-refractivity contribution in [2.24, 2.45) is 0 Å². The quantitative estimate of drug-likeness (QED) is 0.460. The van der Waals surface area contributed by atoms with Gasteiger partial charge in [-0.15, -0.1) is 10.2 Å². The average Bonchev–Trinajstić information content (AvgIpc) is 3.53. The van der Waals surface area contributed by atoms with Gasteiger partial charge in [0.1, 0.15) is 0 Å². The molecule has 2 aromatic carbocycles. The lowest BCUT2D eigenvalue weighted by Gasteiger charge is -2.22. The Labute approximate surface area is 191 Å². The second kappa shape index (κ2) is 8.67. The zero-order valence-corrected chi connectivity index (χ0v) is 19.1. The minimum atomic E-state index is -0.255. The van der Waals surface area contributed by atoms with Crippen molar-refractivity contribution >= 4 is 35.0 Å². The van der Waals surface area contributed by atoms with Crippen molar-refractivity contribution < 1.29 is 4.79 Å². The highest BCUT2D eigenvalue weighted by molar-refractivity contribution is 8.00. The Morgan fingerprint density at radius 3 is 2.65 bits per heavy atom. The van der Waals surface area contributed by atoms with E-state index >= 15 is 0 Å². The predicted molar refractivity (Wildman–Crippen MR) is 126 cm³/mol. The second-order valence-corrected chi connectivity index (χ2v) is 9.94. The van der Waals surface area contributed by atoms with E-state index < -0.39 is 0 Å². The van der Waals surface area contributed by atoms with Gasteiger partial charge in [-0.05, 0) is 49.9 Å². The van der Waals surface area contributed by atoms with E-state index in [-0.39, 0.29) is 11.2 Å². The summed E-state index contributed by atoms with van der Waals surface area (Å²) in [5.41, 5.74) is 3.17. The van der Waals surface area contributed by atoms with Crippen LogP contribution in [0.25, 0.3) is 11.4 Å². The van der Waals surface area contributed by atoms with Gasteiger partial charge in [0.2, 0.25) is 5.91 Å². The number of para-hydroxylation sites is 1. The molecule has 2 aliphatic rings. The van der Waals surface area contributed by atoms with Crippen LogP contribution in [-0.4, -0.2) is 32.5 Å². The van der Waals surface area contributed by atoms with Crippen LogP contribution in [0.3, 0.4) is 0 Å². The summed E-state index contributed by atoms with van der Waals surface area (Å²) in [7, 11) is 0. The van der Waals surface area contributed by atoms with E-state index in [4.69, 9.17) is 11.6 Å². The molecular formula is C24H25ClN4OS. The molecule has 1 aromatic heterocycles. The molecule has 0 N–H and O–H groups in total. The highest BCUT2D eigenvalue weighted by Crippen LogP contribution is 2.39. The third kappa shape index (κ3) is 3.87. The molecule has 1 fully saturated rings. The lowest BCUT2D eigenvalue weighted by Crippen LogP contribution is -2.35. The summed E-state index contributed by atoms with van der Waals surface area (Å²) >= 11 is 7.99. The number of amides is 1. The number of hydrogen-bond acceptors (Lipinski definition) is 4. The number of halogens is 1. The minimum absolute atomic E-state index is 0.121. The predicted octanol–water partition coefficient (Wildman–Crippen LogP) is 5.78. The molecule has 1 aliphatic carbocycles. The van der Waals surface area contributed by atoms with Crippen molar-refractivity contribution in [2.45, 2.75) is 55.5 Å². The van der Waals surface area contributed by atoms with Crippen LogP contribution >= 0.6 is 23.4 Å². The molecule has 1 saturated carbocycles. The van der Waals surface area contributed by atoms with Gasteiger partial charge < -0.3 is 4.90 Å². The number of carbonyl (C=O) groups is 1. The number of rotatable bonds is 5. The summed E-state index contributed by atoms with van der Waals surface area (Å²) in [4.78, 5) is 15.2. The number of benzene rings is 2. The Kier molecular flexibility index (Phi) is 5.76. The summed E-state index contributed by atoms with van der Waals surface area (Å²) in [5.74, 6) is 0.918. The van der Waals surface area contributed by atoms with E-state index in [9.17, 15) is 4.79 Å². The largest absolute Gasteiger partial charge is 0.311 e. The van der Waals surface area contributed by atoms with E-state index in [1.165, 1.54) is 30.2 Å². The molecular weight excluding hydrogens is 428 g/mol. The molecule has 1 amide bonds. The van der Waals surface area contributed by atoms with Gasteiger partial charge in [0.25, 0.3) is 0 Å². The van der Waals surface area contributed by atoms with Gasteiger partial charge in [-0.1, -0.05) is 66.5 Å². The Morgan fingerprint density at radius 2 is 1.84 bits per heavy atom. The van der Waals surface area contributed by atoms with Gasteiger partial charge in [0.15, 0.2) is 11.0 Å². The third-order valence-corrected chi connectivity index (χ3v) is 7.63. The summed E-state index contributed by atoms with van der Waals surface area (Å²) in [6.07, 6.45) is 5.52. The monoisotopic (exact) mass is 452 g/mol. The van der Waals surface area contributed by atoms with Crippen LogP contribution in [0.4, 0.5) is 5.69 Å². The first kappa shape index (κ1) is 20.6. The molecule has 2 heterocycles. The topological polar surface area (TPSA) is 51.0 Å². The standard InChI is InChI=1S/C24H25ClN4OS/c1-16(23(30)28-15-14-17-8-2-7-13-21(17)28)31-24-27-26-22(19-11-5-6-12-20(19)25)29(24)18-9-3-4-10-18/h2,5-8,11-13,16,18H,3-4,9-10,14-15H2,1H3. The fourth-order valence-corrected chi connectivity index (χ4v) is 5.87. The van der Waals surface area contributed by atoms with Crippen molar-refractivity contribution in [3.8, 4) is 11.4 Å². The fraction of sp³-hybridized carbons (Fsp3) is 0.375. The second-order valence-electron chi connectivity index (χ2n) is 8.22. The Balaban J connectivity index is 1.44. The number of aromatic nitrogens is 3. The van der Waals surface area contributed by atoms with Crippen LogP contribution in [-0.2, 0) is 11.2 Å². The van der Waals surface area contributed by atoms with Crippen LogP contribution < -0.4 is 4.90 Å². The molecule has 0 radical (unpaired) electrons. The molecule has 160 valence electrons. The van der Waals surface area contributed by atoms with Crippen LogP contribution in [0.1, 0.15) is 44.2 Å². The van der Waals surface area contributed by atoms with Crippen LogP contribution in [0.5, 0.6) is 0 Å². The van der Waals surface area contributed by atoms with Gasteiger partial charge in [0, 0.05) is 23.8 Å². The number of carbonyl (C=O) groups excluding carboxylic acids is 1. The number of nitrogens with zero attached hydrogens (tertiary/aromatic N) is 4.